The quantitative estimate of drug-likeness (QED) is 0.786. The molecule has 0 saturated heterocycles. The molecule has 2 heterocycles. The van der Waals surface area contributed by atoms with Crippen LogP contribution in [0.25, 0.3) is 0 Å². The number of amides is 1. The molecule has 0 fully saturated rings. The normalized spacial score (nSPS) is 15.7. The Hall–Kier alpha value is -1.85. The Labute approximate surface area is 143 Å². The van der Waals surface area contributed by atoms with Gasteiger partial charge in [0, 0.05) is 5.69 Å². The summed E-state index contributed by atoms with van der Waals surface area (Å²) in [6.45, 7) is 4.22. The molecule has 1 aromatic heterocycles. The average molecular weight is 350 g/mol. The lowest BCUT2D eigenvalue weighted by Crippen LogP contribution is -2.35. The SMILES string of the molecule is COC(=O)c1ccc2c(c1)N(Cc1csc(Cl)c1)C(=O)C2(C)C. The Bertz CT molecular complexity index is 797. The van der Waals surface area contributed by atoms with Gasteiger partial charge in [-0.2, -0.15) is 0 Å². The van der Waals surface area contributed by atoms with Crippen molar-refractivity contribution >= 4 is 40.5 Å². The van der Waals surface area contributed by atoms with E-state index in [1.54, 1.807) is 17.0 Å². The fraction of sp³-hybridized carbons (Fsp3) is 0.294. The molecule has 0 radical (unpaired) electrons. The lowest BCUT2D eigenvalue weighted by Gasteiger charge is -2.20. The van der Waals surface area contributed by atoms with Crippen LogP contribution in [0.2, 0.25) is 4.34 Å². The van der Waals surface area contributed by atoms with E-state index in [1.165, 1.54) is 18.4 Å². The van der Waals surface area contributed by atoms with Crippen molar-refractivity contribution < 1.29 is 14.3 Å². The molecule has 4 nitrogen and oxygen atoms in total. The van der Waals surface area contributed by atoms with Crippen molar-refractivity contribution in [3.63, 3.8) is 0 Å². The predicted octanol–water partition coefficient (Wildman–Crippen LogP) is 4.01. The number of fused-ring (bicyclic) bond motifs is 1. The number of hydrogen-bond acceptors (Lipinski definition) is 4. The summed E-state index contributed by atoms with van der Waals surface area (Å²) in [6, 6.07) is 7.11. The molecule has 0 N–H and O–H groups in total. The molecule has 1 aromatic carbocycles. The second kappa shape index (κ2) is 5.65. The van der Waals surface area contributed by atoms with Crippen LogP contribution in [0.15, 0.2) is 29.6 Å². The zero-order valence-corrected chi connectivity index (χ0v) is 14.6. The van der Waals surface area contributed by atoms with Crippen molar-refractivity contribution in [2.45, 2.75) is 25.8 Å². The molecule has 120 valence electrons. The van der Waals surface area contributed by atoms with E-state index in [2.05, 4.69) is 0 Å². The minimum atomic E-state index is -0.621. The van der Waals surface area contributed by atoms with Crippen molar-refractivity contribution in [2.75, 3.05) is 12.0 Å². The molecule has 0 atom stereocenters. The summed E-state index contributed by atoms with van der Waals surface area (Å²) >= 11 is 7.41. The van der Waals surface area contributed by atoms with Crippen molar-refractivity contribution in [3.8, 4) is 0 Å². The maximum atomic E-state index is 12.8. The number of carbonyl (C=O) groups is 2. The molecule has 2 aromatic rings. The third-order valence-electron chi connectivity index (χ3n) is 4.13. The molecule has 1 amide bonds. The van der Waals surface area contributed by atoms with Crippen LogP contribution in [0, 0.1) is 0 Å². The van der Waals surface area contributed by atoms with Gasteiger partial charge in [0.1, 0.15) is 0 Å². The van der Waals surface area contributed by atoms with Gasteiger partial charge in [0.15, 0.2) is 0 Å². The highest BCUT2D eigenvalue weighted by atomic mass is 35.5. The largest absolute Gasteiger partial charge is 0.465 e. The third-order valence-corrected chi connectivity index (χ3v) is 5.27. The number of carbonyl (C=O) groups excluding carboxylic acids is 2. The molecular formula is C17H16ClNO3S. The minimum absolute atomic E-state index is 0.0110. The molecule has 1 aliphatic rings. The monoisotopic (exact) mass is 349 g/mol. The first-order chi connectivity index (χ1) is 10.8. The fourth-order valence-electron chi connectivity index (χ4n) is 2.86. The molecule has 0 spiro atoms. The van der Waals surface area contributed by atoms with E-state index in [0.29, 0.717) is 16.4 Å². The first-order valence-corrected chi connectivity index (χ1v) is 8.38. The van der Waals surface area contributed by atoms with E-state index < -0.39 is 11.4 Å². The van der Waals surface area contributed by atoms with E-state index in [4.69, 9.17) is 16.3 Å². The highest BCUT2D eigenvalue weighted by Gasteiger charge is 2.44. The van der Waals surface area contributed by atoms with E-state index in [-0.39, 0.29) is 5.91 Å². The van der Waals surface area contributed by atoms with Crippen molar-refractivity contribution in [1.29, 1.82) is 0 Å². The number of benzene rings is 1. The fourth-order valence-corrected chi connectivity index (χ4v) is 3.76. The lowest BCUT2D eigenvalue weighted by atomic mass is 9.86. The molecule has 0 aliphatic carbocycles. The number of ether oxygens (including phenoxy) is 1. The Balaban J connectivity index is 2.05. The van der Waals surface area contributed by atoms with Gasteiger partial charge in [-0.25, -0.2) is 4.79 Å². The maximum Gasteiger partial charge on any atom is 0.337 e. The smallest absolute Gasteiger partial charge is 0.337 e. The van der Waals surface area contributed by atoms with Gasteiger partial charge in [-0.05, 0) is 48.6 Å². The van der Waals surface area contributed by atoms with Gasteiger partial charge in [-0.3, -0.25) is 4.79 Å². The number of esters is 1. The summed E-state index contributed by atoms with van der Waals surface area (Å²) in [5.74, 6) is -0.402. The summed E-state index contributed by atoms with van der Waals surface area (Å²) in [4.78, 5) is 26.3. The number of halogens is 1. The maximum absolute atomic E-state index is 12.8. The van der Waals surface area contributed by atoms with E-state index >= 15 is 0 Å². The molecule has 23 heavy (non-hydrogen) atoms. The number of nitrogens with zero attached hydrogens (tertiary/aromatic N) is 1. The first-order valence-electron chi connectivity index (χ1n) is 7.12. The summed E-state index contributed by atoms with van der Waals surface area (Å²) < 4.78 is 5.46. The Morgan fingerprint density at radius 3 is 2.70 bits per heavy atom. The number of hydrogen-bond donors (Lipinski definition) is 0. The van der Waals surface area contributed by atoms with Gasteiger partial charge in [-0.15, -0.1) is 11.3 Å². The standard InChI is InChI=1S/C17H16ClNO3S/c1-17(2)12-5-4-11(15(20)22-3)7-13(12)19(16(17)21)8-10-6-14(18)23-9-10/h4-7,9H,8H2,1-3H3. The summed E-state index contributed by atoms with van der Waals surface area (Å²) in [6.07, 6.45) is 0. The van der Waals surface area contributed by atoms with E-state index in [0.717, 1.165) is 16.8 Å². The van der Waals surface area contributed by atoms with Gasteiger partial charge in [0.05, 0.1) is 29.0 Å². The van der Waals surface area contributed by atoms with Crippen LogP contribution in [0.5, 0.6) is 0 Å². The molecule has 0 bridgehead atoms. The van der Waals surface area contributed by atoms with Crippen LogP contribution >= 0.6 is 22.9 Å². The molecule has 0 unspecified atom stereocenters. The van der Waals surface area contributed by atoms with Crippen LogP contribution in [-0.4, -0.2) is 19.0 Å². The zero-order chi connectivity index (χ0) is 16.8. The van der Waals surface area contributed by atoms with Crippen LogP contribution < -0.4 is 4.90 Å². The Kier molecular flexibility index (Phi) is 3.94. The van der Waals surface area contributed by atoms with Gasteiger partial charge in [-0.1, -0.05) is 17.7 Å². The molecule has 0 saturated carbocycles. The van der Waals surface area contributed by atoms with Gasteiger partial charge >= 0.3 is 5.97 Å². The molecule has 6 heteroatoms. The number of anilines is 1. The second-order valence-electron chi connectivity index (χ2n) is 6.00. The van der Waals surface area contributed by atoms with Crippen LogP contribution in [0.3, 0.4) is 0 Å². The topological polar surface area (TPSA) is 46.6 Å². The van der Waals surface area contributed by atoms with Crippen LogP contribution in [0.1, 0.15) is 35.3 Å². The third kappa shape index (κ3) is 2.64. The van der Waals surface area contributed by atoms with Gasteiger partial charge in [0.25, 0.3) is 0 Å². The van der Waals surface area contributed by atoms with Crippen molar-refractivity contribution in [1.82, 2.24) is 0 Å². The van der Waals surface area contributed by atoms with E-state index in [9.17, 15) is 9.59 Å². The summed E-state index contributed by atoms with van der Waals surface area (Å²) in [7, 11) is 1.34. The molecule has 3 rings (SSSR count). The average Bonchev–Trinajstić information content (AvgIpc) is 3.02. The van der Waals surface area contributed by atoms with Crippen LogP contribution in [0.4, 0.5) is 5.69 Å². The second-order valence-corrected chi connectivity index (χ2v) is 7.54. The van der Waals surface area contributed by atoms with Gasteiger partial charge in [0.2, 0.25) is 5.91 Å². The number of thiophene rings is 1. The van der Waals surface area contributed by atoms with Crippen molar-refractivity contribution in [3.05, 3.63) is 50.7 Å². The molecule has 1 aliphatic heterocycles. The summed E-state index contributed by atoms with van der Waals surface area (Å²) in [5.41, 5.74) is 2.45. The van der Waals surface area contributed by atoms with Crippen LogP contribution in [-0.2, 0) is 21.5 Å². The van der Waals surface area contributed by atoms with E-state index in [1.807, 2.05) is 31.4 Å². The summed E-state index contributed by atoms with van der Waals surface area (Å²) in [5, 5.41) is 1.94. The Morgan fingerprint density at radius 2 is 2.09 bits per heavy atom. The lowest BCUT2D eigenvalue weighted by molar-refractivity contribution is -0.122. The first kappa shape index (κ1) is 16.0. The number of methoxy groups -OCH3 is 1. The molecular weight excluding hydrogens is 334 g/mol. The zero-order valence-electron chi connectivity index (χ0n) is 13.1. The van der Waals surface area contributed by atoms with Crippen molar-refractivity contribution in [2.24, 2.45) is 0 Å². The minimum Gasteiger partial charge on any atom is -0.465 e. The highest BCUT2D eigenvalue weighted by molar-refractivity contribution is 7.14. The van der Waals surface area contributed by atoms with Gasteiger partial charge < -0.3 is 9.64 Å². The predicted molar refractivity (Wildman–Crippen MR) is 91.3 cm³/mol. The Morgan fingerprint density at radius 1 is 1.35 bits per heavy atom. The number of rotatable bonds is 3. The highest BCUT2D eigenvalue weighted by Crippen LogP contribution is 2.43.